The summed E-state index contributed by atoms with van der Waals surface area (Å²) in [5.74, 6) is 1.21. The second-order valence-corrected chi connectivity index (χ2v) is 9.56. The molecule has 1 aromatic heterocycles. The molecular weight excluding hydrogens is 413 g/mol. The predicted molar refractivity (Wildman–Crippen MR) is 109 cm³/mol. The largest absolute Gasteiger partial charge is 0.496 e. The number of halogens is 3. The molecule has 0 saturated carbocycles. The lowest BCUT2D eigenvalue weighted by atomic mass is 9.92. The number of aryl methyl sites for hydroxylation is 1. The summed E-state index contributed by atoms with van der Waals surface area (Å²) in [5, 5.41) is 7.29. The number of methoxy groups -OCH3 is 1. The number of ether oxygens (including phenoxy) is 2. The number of anilines is 1. The molecule has 0 aliphatic rings. The van der Waals surface area contributed by atoms with Gasteiger partial charge in [-0.15, -0.1) is 0 Å². The van der Waals surface area contributed by atoms with E-state index < -0.39 is 9.89 Å². The fourth-order valence-corrected chi connectivity index (χ4v) is 2.48. The molecule has 1 N–H and O–H groups in total. The zero-order chi connectivity index (χ0) is 20.4. The standard InChI is InChI=1S/C18H22Cl3N3O3/c1-11-8-12(6-7-13(11)26-5)24-15(9-14(23-24)17(2,3)4)22-16(25)27-10-18(19,20)21/h6-9H,10H2,1-5H3,(H,22,25). The van der Waals surface area contributed by atoms with E-state index in [1.807, 2.05) is 45.9 Å². The van der Waals surface area contributed by atoms with E-state index in [0.717, 1.165) is 22.7 Å². The number of alkyl halides is 3. The third-order valence-electron chi connectivity index (χ3n) is 3.70. The van der Waals surface area contributed by atoms with Gasteiger partial charge in [-0.2, -0.15) is 5.10 Å². The summed E-state index contributed by atoms with van der Waals surface area (Å²) in [5.41, 5.74) is 2.28. The Hall–Kier alpha value is -1.63. The van der Waals surface area contributed by atoms with Crippen molar-refractivity contribution in [1.82, 2.24) is 9.78 Å². The van der Waals surface area contributed by atoms with Gasteiger partial charge in [0.05, 0.1) is 18.5 Å². The number of carbonyl (C=O) groups excluding carboxylic acids is 1. The van der Waals surface area contributed by atoms with Gasteiger partial charge in [0.25, 0.3) is 0 Å². The fourth-order valence-electron chi connectivity index (χ4n) is 2.32. The molecule has 1 heterocycles. The van der Waals surface area contributed by atoms with Gasteiger partial charge >= 0.3 is 6.09 Å². The minimum absolute atomic E-state index is 0.218. The highest BCUT2D eigenvalue weighted by molar-refractivity contribution is 6.67. The summed E-state index contributed by atoms with van der Waals surface area (Å²) in [6.45, 7) is 7.65. The van der Waals surface area contributed by atoms with Gasteiger partial charge in [0, 0.05) is 11.5 Å². The quantitative estimate of drug-likeness (QED) is 0.654. The third-order valence-corrected chi connectivity index (χ3v) is 4.03. The van der Waals surface area contributed by atoms with Crippen LogP contribution in [0.4, 0.5) is 10.6 Å². The van der Waals surface area contributed by atoms with Crippen molar-refractivity contribution >= 4 is 46.7 Å². The van der Waals surface area contributed by atoms with Crippen molar-refractivity contribution in [3.8, 4) is 11.4 Å². The number of rotatable bonds is 4. The molecule has 0 atom stereocenters. The van der Waals surface area contributed by atoms with E-state index in [0.29, 0.717) is 5.82 Å². The zero-order valence-corrected chi connectivity index (χ0v) is 18.0. The first kappa shape index (κ1) is 21.7. The van der Waals surface area contributed by atoms with Crippen LogP contribution in [0.15, 0.2) is 24.3 Å². The Balaban J connectivity index is 2.37. The van der Waals surface area contributed by atoms with Crippen LogP contribution in [0.5, 0.6) is 5.75 Å². The highest BCUT2D eigenvalue weighted by Crippen LogP contribution is 2.29. The van der Waals surface area contributed by atoms with Crippen LogP contribution in [0, 0.1) is 6.92 Å². The lowest BCUT2D eigenvalue weighted by Crippen LogP contribution is -2.22. The molecule has 1 amide bonds. The Morgan fingerprint density at radius 3 is 2.41 bits per heavy atom. The van der Waals surface area contributed by atoms with Gasteiger partial charge in [0.2, 0.25) is 3.79 Å². The summed E-state index contributed by atoms with van der Waals surface area (Å²) >= 11 is 16.8. The number of hydrogen-bond donors (Lipinski definition) is 1. The lowest BCUT2D eigenvalue weighted by Gasteiger charge is -2.14. The molecule has 1 aromatic carbocycles. The van der Waals surface area contributed by atoms with Crippen molar-refractivity contribution in [2.24, 2.45) is 0 Å². The fraction of sp³-hybridized carbons (Fsp3) is 0.444. The topological polar surface area (TPSA) is 65.4 Å². The predicted octanol–water partition coefficient (Wildman–Crippen LogP) is 5.41. The van der Waals surface area contributed by atoms with E-state index in [1.165, 1.54) is 0 Å². The van der Waals surface area contributed by atoms with E-state index in [1.54, 1.807) is 17.9 Å². The van der Waals surface area contributed by atoms with Crippen LogP contribution in [-0.4, -0.2) is 33.4 Å². The molecule has 0 aliphatic heterocycles. The molecule has 9 heteroatoms. The van der Waals surface area contributed by atoms with Gasteiger partial charge in [-0.1, -0.05) is 55.6 Å². The number of hydrogen-bond acceptors (Lipinski definition) is 4. The van der Waals surface area contributed by atoms with Gasteiger partial charge in [-0.25, -0.2) is 9.48 Å². The monoisotopic (exact) mass is 433 g/mol. The van der Waals surface area contributed by atoms with E-state index >= 15 is 0 Å². The molecule has 0 radical (unpaired) electrons. The molecule has 2 aromatic rings. The van der Waals surface area contributed by atoms with Gasteiger partial charge in [0.1, 0.15) is 18.2 Å². The molecule has 0 saturated heterocycles. The maximum absolute atomic E-state index is 12.1. The first-order valence-electron chi connectivity index (χ1n) is 8.17. The molecule has 6 nitrogen and oxygen atoms in total. The van der Waals surface area contributed by atoms with E-state index in [2.05, 4.69) is 10.4 Å². The number of benzene rings is 1. The van der Waals surface area contributed by atoms with Crippen LogP contribution in [0.3, 0.4) is 0 Å². The maximum Gasteiger partial charge on any atom is 0.412 e. The van der Waals surface area contributed by atoms with Crippen LogP contribution < -0.4 is 10.1 Å². The number of amides is 1. The van der Waals surface area contributed by atoms with Crippen molar-refractivity contribution in [3.63, 3.8) is 0 Å². The molecular formula is C18H22Cl3N3O3. The molecule has 2 rings (SSSR count). The van der Waals surface area contributed by atoms with Crippen LogP contribution in [-0.2, 0) is 10.2 Å². The van der Waals surface area contributed by atoms with Gasteiger partial charge in [-0.3, -0.25) is 5.32 Å². The minimum atomic E-state index is -1.68. The van der Waals surface area contributed by atoms with Gasteiger partial charge < -0.3 is 9.47 Å². The van der Waals surface area contributed by atoms with Crippen molar-refractivity contribution in [1.29, 1.82) is 0 Å². The zero-order valence-electron chi connectivity index (χ0n) is 15.8. The van der Waals surface area contributed by atoms with E-state index in [-0.39, 0.29) is 12.0 Å². The summed E-state index contributed by atoms with van der Waals surface area (Å²) in [6.07, 6.45) is -0.742. The van der Waals surface area contributed by atoms with Crippen molar-refractivity contribution in [3.05, 3.63) is 35.5 Å². The highest BCUT2D eigenvalue weighted by Gasteiger charge is 2.24. The minimum Gasteiger partial charge on any atom is -0.496 e. The van der Waals surface area contributed by atoms with Crippen LogP contribution in [0.2, 0.25) is 0 Å². The number of nitrogens with zero attached hydrogens (tertiary/aromatic N) is 2. The number of aromatic nitrogens is 2. The van der Waals surface area contributed by atoms with E-state index in [4.69, 9.17) is 44.3 Å². The Kier molecular flexibility index (Phi) is 6.55. The summed E-state index contributed by atoms with van der Waals surface area (Å²) in [6, 6.07) is 7.39. The van der Waals surface area contributed by atoms with Crippen molar-refractivity contribution < 1.29 is 14.3 Å². The smallest absolute Gasteiger partial charge is 0.412 e. The second-order valence-electron chi connectivity index (χ2n) is 7.05. The number of nitrogens with one attached hydrogen (secondary N) is 1. The SMILES string of the molecule is COc1ccc(-n2nc(C(C)(C)C)cc2NC(=O)OCC(Cl)(Cl)Cl)cc1C. The lowest BCUT2D eigenvalue weighted by molar-refractivity contribution is 0.163. The van der Waals surface area contributed by atoms with Crippen molar-refractivity contribution in [2.75, 3.05) is 19.0 Å². The van der Waals surface area contributed by atoms with Crippen LogP contribution in [0.25, 0.3) is 5.69 Å². The Morgan fingerprint density at radius 1 is 1.22 bits per heavy atom. The first-order chi connectivity index (χ1) is 12.4. The molecule has 0 bridgehead atoms. The first-order valence-corrected chi connectivity index (χ1v) is 9.30. The summed E-state index contributed by atoms with van der Waals surface area (Å²) in [7, 11) is 1.61. The highest BCUT2D eigenvalue weighted by atomic mass is 35.6. The Morgan fingerprint density at radius 2 is 1.89 bits per heavy atom. The van der Waals surface area contributed by atoms with Gasteiger partial charge in [-0.05, 0) is 30.7 Å². The molecule has 0 spiro atoms. The van der Waals surface area contributed by atoms with Gasteiger partial charge in [0.15, 0.2) is 0 Å². The molecule has 148 valence electrons. The average molecular weight is 435 g/mol. The molecule has 27 heavy (non-hydrogen) atoms. The summed E-state index contributed by atoms with van der Waals surface area (Å²) in [4.78, 5) is 12.1. The van der Waals surface area contributed by atoms with Crippen molar-refractivity contribution in [2.45, 2.75) is 36.9 Å². The van der Waals surface area contributed by atoms with E-state index in [9.17, 15) is 4.79 Å². The normalized spacial score (nSPS) is 12.0. The third kappa shape index (κ3) is 5.92. The van der Waals surface area contributed by atoms with Crippen LogP contribution in [0.1, 0.15) is 32.0 Å². The molecule has 0 unspecified atom stereocenters. The second kappa shape index (κ2) is 8.17. The summed E-state index contributed by atoms with van der Waals surface area (Å²) < 4.78 is 10.2. The Labute approximate surface area is 173 Å². The molecule has 0 aliphatic carbocycles. The van der Waals surface area contributed by atoms with Crippen LogP contribution >= 0.6 is 34.8 Å². The maximum atomic E-state index is 12.1. The number of carbonyl (C=O) groups is 1. The Bertz CT molecular complexity index is 823. The average Bonchev–Trinajstić information content (AvgIpc) is 2.96. The molecule has 0 fully saturated rings.